The molecule has 0 saturated carbocycles. The monoisotopic (exact) mass is 326 g/mol. The van der Waals surface area contributed by atoms with Crippen molar-refractivity contribution < 1.29 is 9.21 Å². The molecule has 1 amide bonds. The lowest BCUT2D eigenvalue weighted by molar-refractivity contribution is -0.134. The maximum Gasteiger partial charge on any atom is 0.245 e. The minimum absolute atomic E-state index is 0.0283. The van der Waals surface area contributed by atoms with Gasteiger partial charge in [0.1, 0.15) is 23.6 Å². The molecular formula is C16H18N6O2. The second-order valence-corrected chi connectivity index (χ2v) is 5.99. The van der Waals surface area contributed by atoms with E-state index in [0.717, 1.165) is 24.2 Å². The molecule has 1 aliphatic rings. The Bertz CT molecular complexity index is 899. The summed E-state index contributed by atoms with van der Waals surface area (Å²) in [4.78, 5) is 27.2. The van der Waals surface area contributed by atoms with Crippen molar-refractivity contribution in [2.75, 3.05) is 12.3 Å². The summed E-state index contributed by atoms with van der Waals surface area (Å²) in [7, 11) is 0. The van der Waals surface area contributed by atoms with Crippen LogP contribution in [0.1, 0.15) is 30.7 Å². The molecule has 124 valence electrons. The molecule has 0 saturated heterocycles. The van der Waals surface area contributed by atoms with E-state index in [9.17, 15) is 4.79 Å². The van der Waals surface area contributed by atoms with Gasteiger partial charge in [0, 0.05) is 25.1 Å². The lowest BCUT2D eigenvalue weighted by Gasteiger charge is -2.24. The summed E-state index contributed by atoms with van der Waals surface area (Å²) in [5, 5.41) is 0. The van der Waals surface area contributed by atoms with Crippen molar-refractivity contribution >= 4 is 22.9 Å². The molecule has 1 aliphatic heterocycles. The molecule has 0 aromatic carbocycles. The van der Waals surface area contributed by atoms with Crippen LogP contribution in [-0.4, -0.2) is 36.9 Å². The van der Waals surface area contributed by atoms with E-state index in [-0.39, 0.29) is 5.91 Å². The average Bonchev–Trinajstić information content (AvgIpc) is 3.16. The molecule has 3 aromatic rings. The van der Waals surface area contributed by atoms with Crippen LogP contribution in [0.3, 0.4) is 0 Å². The number of furan rings is 1. The molecule has 8 nitrogen and oxygen atoms in total. The number of nitrogens with zero attached hydrogens (tertiary/aromatic N) is 5. The van der Waals surface area contributed by atoms with Gasteiger partial charge in [-0.15, -0.1) is 0 Å². The highest BCUT2D eigenvalue weighted by Gasteiger charge is 2.26. The second kappa shape index (κ2) is 5.63. The van der Waals surface area contributed by atoms with E-state index in [1.807, 2.05) is 17.9 Å². The van der Waals surface area contributed by atoms with Crippen molar-refractivity contribution in [3.05, 3.63) is 36.3 Å². The van der Waals surface area contributed by atoms with Gasteiger partial charge in [0.2, 0.25) is 5.91 Å². The van der Waals surface area contributed by atoms with E-state index < -0.39 is 6.04 Å². The molecule has 1 unspecified atom stereocenters. The summed E-state index contributed by atoms with van der Waals surface area (Å²) in [5.74, 6) is 1.32. The molecule has 4 heterocycles. The molecule has 1 atom stereocenters. The molecule has 0 spiro atoms. The third-order valence-electron chi connectivity index (χ3n) is 4.50. The number of nitrogens with two attached hydrogens (primary N) is 1. The Labute approximate surface area is 138 Å². The van der Waals surface area contributed by atoms with Crippen molar-refractivity contribution in [3.63, 3.8) is 0 Å². The zero-order chi connectivity index (χ0) is 16.7. The van der Waals surface area contributed by atoms with Crippen LogP contribution in [0.4, 0.5) is 5.82 Å². The van der Waals surface area contributed by atoms with Gasteiger partial charge >= 0.3 is 0 Å². The predicted octanol–water partition coefficient (Wildman–Crippen LogP) is 1.54. The van der Waals surface area contributed by atoms with Crippen LogP contribution in [0.2, 0.25) is 0 Å². The van der Waals surface area contributed by atoms with Crippen LogP contribution in [-0.2, 0) is 17.8 Å². The highest BCUT2D eigenvalue weighted by Crippen LogP contribution is 2.24. The van der Waals surface area contributed by atoms with Crippen LogP contribution in [0.5, 0.6) is 0 Å². The van der Waals surface area contributed by atoms with Crippen LogP contribution >= 0.6 is 0 Å². The smallest absolute Gasteiger partial charge is 0.245 e. The van der Waals surface area contributed by atoms with Crippen LogP contribution in [0.15, 0.2) is 29.4 Å². The molecule has 0 aliphatic carbocycles. The summed E-state index contributed by atoms with van der Waals surface area (Å²) in [5.41, 5.74) is 7.99. The topological polar surface area (TPSA) is 103 Å². The number of amides is 1. The fraction of sp³-hybridized carbons (Fsp3) is 0.375. The van der Waals surface area contributed by atoms with Gasteiger partial charge < -0.3 is 19.6 Å². The Morgan fingerprint density at radius 3 is 3.12 bits per heavy atom. The lowest BCUT2D eigenvalue weighted by Crippen LogP contribution is -2.35. The van der Waals surface area contributed by atoms with Crippen molar-refractivity contribution in [1.29, 1.82) is 0 Å². The normalized spacial score (nSPS) is 16.0. The summed E-state index contributed by atoms with van der Waals surface area (Å²) in [6, 6.07) is 1.52. The standard InChI is InChI=1S/C16H18N6O2/c1-10(22-9-20-13-14(17)18-8-19-15(13)22)16(23)21-5-2-3-12-11(7-21)4-6-24-12/h4,6,8-10H,2-3,5,7H2,1H3,(H2,17,18,19). The molecule has 4 rings (SSSR count). The third kappa shape index (κ3) is 2.31. The quantitative estimate of drug-likeness (QED) is 0.766. The number of anilines is 1. The largest absolute Gasteiger partial charge is 0.469 e. The Morgan fingerprint density at radius 2 is 2.25 bits per heavy atom. The van der Waals surface area contributed by atoms with E-state index in [1.54, 1.807) is 17.2 Å². The Balaban J connectivity index is 1.63. The molecule has 3 aromatic heterocycles. The zero-order valence-electron chi connectivity index (χ0n) is 13.3. The van der Waals surface area contributed by atoms with E-state index >= 15 is 0 Å². The second-order valence-electron chi connectivity index (χ2n) is 5.99. The molecular weight excluding hydrogens is 308 g/mol. The Morgan fingerprint density at radius 1 is 1.38 bits per heavy atom. The summed E-state index contributed by atoms with van der Waals surface area (Å²) >= 11 is 0. The van der Waals surface area contributed by atoms with Crippen LogP contribution < -0.4 is 5.73 Å². The molecule has 0 fully saturated rings. The zero-order valence-corrected chi connectivity index (χ0v) is 13.3. The molecule has 24 heavy (non-hydrogen) atoms. The number of aryl methyl sites for hydroxylation is 1. The molecule has 0 radical (unpaired) electrons. The van der Waals surface area contributed by atoms with Crippen LogP contribution in [0, 0.1) is 0 Å². The first-order chi connectivity index (χ1) is 11.6. The first kappa shape index (κ1) is 14.7. The summed E-state index contributed by atoms with van der Waals surface area (Å²) in [6.45, 7) is 3.12. The average molecular weight is 326 g/mol. The van der Waals surface area contributed by atoms with Gasteiger partial charge in [-0.05, 0) is 19.4 Å². The van der Waals surface area contributed by atoms with Gasteiger partial charge in [0.05, 0.1) is 12.6 Å². The Hall–Kier alpha value is -2.90. The maximum absolute atomic E-state index is 13.0. The highest BCUT2D eigenvalue weighted by atomic mass is 16.3. The minimum atomic E-state index is -0.419. The lowest BCUT2D eigenvalue weighted by atomic mass is 10.2. The summed E-state index contributed by atoms with van der Waals surface area (Å²) in [6.07, 6.45) is 6.41. The van der Waals surface area contributed by atoms with Crippen molar-refractivity contribution in [2.45, 2.75) is 32.4 Å². The molecule has 8 heteroatoms. The van der Waals surface area contributed by atoms with Gasteiger partial charge in [-0.1, -0.05) is 0 Å². The number of carbonyl (C=O) groups is 1. The molecule has 0 bridgehead atoms. The van der Waals surface area contributed by atoms with Gasteiger partial charge in [-0.3, -0.25) is 4.79 Å². The maximum atomic E-state index is 13.0. The van der Waals surface area contributed by atoms with Crippen molar-refractivity contribution in [3.8, 4) is 0 Å². The first-order valence-electron chi connectivity index (χ1n) is 7.92. The number of rotatable bonds is 2. The fourth-order valence-corrected chi connectivity index (χ4v) is 3.17. The third-order valence-corrected chi connectivity index (χ3v) is 4.50. The van der Waals surface area contributed by atoms with Gasteiger partial charge in [0.25, 0.3) is 0 Å². The molecule has 2 N–H and O–H groups in total. The Kier molecular flexibility index (Phi) is 3.44. The number of aromatic nitrogens is 4. The van der Waals surface area contributed by atoms with E-state index in [1.165, 1.54) is 6.33 Å². The number of nitrogen functional groups attached to an aromatic ring is 1. The van der Waals surface area contributed by atoms with Crippen molar-refractivity contribution in [2.24, 2.45) is 0 Å². The minimum Gasteiger partial charge on any atom is -0.469 e. The van der Waals surface area contributed by atoms with Crippen LogP contribution in [0.25, 0.3) is 11.2 Å². The SMILES string of the molecule is CC(C(=O)N1CCCc2occc2C1)n1cnc2c(N)ncnc21. The summed E-state index contributed by atoms with van der Waals surface area (Å²) < 4.78 is 7.23. The van der Waals surface area contributed by atoms with Gasteiger partial charge in [-0.2, -0.15) is 0 Å². The number of fused-ring (bicyclic) bond motifs is 2. The number of hydrogen-bond donors (Lipinski definition) is 1. The van der Waals surface area contributed by atoms with Gasteiger partial charge in [-0.25, -0.2) is 15.0 Å². The fourth-order valence-electron chi connectivity index (χ4n) is 3.17. The predicted molar refractivity (Wildman–Crippen MR) is 86.9 cm³/mol. The number of carbonyl (C=O) groups excluding carboxylic acids is 1. The highest BCUT2D eigenvalue weighted by molar-refractivity contribution is 5.85. The van der Waals surface area contributed by atoms with Crippen molar-refractivity contribution in [1.82, 2.24) is 24.4 Å². The van der Waals surface area contributed by atoms with Gasteiger partial charge in [0.15, 0.2) is 11.5 Å². The van der Waals surface area contributed by atoms with E-state index in [2.05, 4.69) is 15.0 Å². The van der Waals surface area contributed by atoms with E-state index in [0.29, 0.717) is 30.1 Å². The first-order valence-corrected chi connectivity index (χ1v) is 7.92. The number of hydrogen-bond acceptors (Lipinski definition) is 6. The number of imidazole rings is 1. The van der Waals surface area contributed by atoms with E-state index in [4.69, 9.17) is 10.2 Å².